The maximum Gasteiger partial charge on any atom is 0.296 e. The van der Waals surface area contributed by atoms with E-state index >= 15 is 0 Å². The molecule has 0 aliphatic carbocycles. The van der Waals surface area contributed by atoms with Gasteiger partial charge in [-0.3, -0.25) is 9.59 Å². The van der Waals surface area contributed by atoms with E-state index < -0.39 is 11.7 Å². The number of benzene rings is 2. The van der Waals surface area contributed by atoms with Crippen LogP contribution >= 0.6 is 0 Å². The molecule has 0 saturated carbocycles. The fraction of sp³-hybridized carbons (Fsp3) is 0.222. The van der Waals surface area contributed by atoms with Gasteiger partial charge in [0.25, 0.3) is 11.7 Å². The van der Waals surface area contributed by atoms with E-state index in [4.69, 9.17) is 0 Å². The Hall–Kier alpha value is -2.46. The van der Waals surface area contributed by atoms with Crippen LogP contribution in [0.25, 0.3) is 11.1 Å². The SMILES string of the molecule is CN1CCc2c(-c3ccccc3)cc3c(c2C1)NC(=O)C3=O. The van der Waals surface area contributed by atoms with Crippen molar-refractivity contribution in [1.82, 2.24) is 4.90 Å². The molecule has 0 saturated heterocycles. The summed E-state index contributed by atoms with van der Waals surface area (Å²) in [5.41, 5.74) is 5.74. The molecule has 2 aromatic carbocycles. The van der Waals surface area contributed by atoms with Gasteiger partial charge in [-0.15, -0.1) is 0 Å². The summed E-state index contributed by atoms with van der Waals surface area (Å²) in [5, 5.41) is 2.76. The smallest absolute Gasteiger partial charge is 0.296 e. The summed E-state index contributed by atoms with van der Waals surface area (Å²) in [6.07, 6.45) is 0.924. The summed E-state index contributed by atoms with van der Waals surface area (Å²) in [6.45, 7) is 1.74. The van der Waals surface area contributed by atoms with Crippen molar-refractivity contribution in [2.24, 2.45) is 0 Å². The molecule has 0 aromatic heterocycles. The van der Waals surface area contributed by atoms with Crippen molar-refractivity contribution in [2.45, 2.75) is 13.0 Å². The molecule has 2 aromatic rings. The monoisotopic (exact) mass is 292 g/mol. The number of Topliss-reactive ketones (excluding diaryl/α,β-unsaturated/α-hetero) is 1. The third-order valence-electron chi connectivity index (χ3n) is 4.49. The van der Waals surface area contributed by atoms with Gasteiger partial charge in [0.15, 0.2) is 0 Å². The summed E-state index contributed by atoms with van der Waals surface area (Å²) in [7, 11) is 2.06. The van der Waals surface area contributed by atoms with Crippen molar-refractivity contribution in [1.29, 1.82) is 0 Å². The Kier molecular flexibility index (Phi) is 2.87. The molecule has 1 amide bonds. The van der Waals surface area contributed by atoms with Gasteiger partial charge in [-0.25, -0.2) is 0 Å². The van der Waals surface area contributed by atoms with E-state index in [1.165, 1.54) is 5.56 Å². The van der Waals surface area contributed by atoms with Gasteiger partial charge in [0.2, 0.25) is 0 Å². The van der Waals surface area contributed by atoms with Gasteiger partial charge in [-0.1, -0.05) is 30.3 Å². The molecule has 0 atom stereocenters. The lowest BCUT2D eigenvalue weighted by Gasteiger charge is -2.28. The van der Waals surface area contributed by atoms with Crippen LogP contribution in [0.5, 0.6) is 0 Å². The highest BCUT2D eigenvalue weighted by atomic mass is 16.2. The first-order chi connectivity index (χ1) is 10.6. The van der Waals surface area contributed by atoms with E-state index in [0.717, 1.165) is 41.9 Å². The van der Waals surface area contributed by atoms with E-state index in [1.54, 1.807) is 0 Å². The van der Waals surface area contributed by atoms with Crippen molar-refractivity contribution >= 4 is 17.4 Å². The number of hydrogen-bond donors (Lipinski definition) is 1. The van der Waals surface area contributed by atoms with E-state index in [-0.39, 0.29) is 0 Å². The largest absolute Gasteiger partial charge is 0.318 e. The number of hydrogen-bond acceptors (Lipinski definition) is 3. The fourth-order valence-electron chi connectivity index (χ4n) is 3.38. The highest BCUT2D eigenvalue weighted by Crippen LogP contribution is 2.39. The van der Waals surface area contributed by atoms with Crippen molar-refractivity contribution in [3.63, 3.8) is 0 Å². The second-order valence-electron chi connectivity index (χ2n) is 5.94. The fourth-order valence-corrected chi connectivity index (χ4v) is 3.38. The molecular formula is C18H16N2O2. The minimum atomic E-state index is -0.518. The average Bonchev–Trinajstić information content (AvgIpc) is 2.83. The molecule has 0 spiro atoms. The Morgan fingerprint density at radius 3 is 2.59 bits per heavy atom. The van der Waals surface area contributed by atoms with Gasteiger partial charge in [0.1, 0.15) is 0 Å². The van der Waals surface area contributed by atoms with Gasteiger partial charge in [-0.2, -0.15) is 0 Å². The summed E-state index contributed by atoms with van der Waals surface area (Å²) in [6, 6.07) is 12.0. The molecular weight excluding hydrogens is 276 g/mol. The molecule has 2 aliphatic rings. The third kappa shape index (κ3) is 1.88. The van der Waals surface area contributed by atoms with Gasteiger partial charge in [0, 0.05) is 13.1 Å². The van der Waals surface area contributed by atoms with Crippen LogP contribution in [0.3, 0.4) is 0 Å². The molecule has 22 heavy (non-hydrogen) atoms. The number of amides is 1. The van der Waals surface area contributed by atoms with Crippen LogP contribution in [0, 0.1) is 0 Å². The number of carbonyl (C=O) groups excluding carboxylic acids is 2. The maximum atomic E-state index is 12.1. The zero-order valence-corrected chi connectivity index (χ0v) is 12.3. The number of rotatable bonds is 1. The zero-order chi connectivity index (χ0) is 15.3. The lowest BCUT2D eigenvalue weighted by Crippen LogP contribution is -2.27. The van der Waals surface area contributed by atoms with Gasteiger partial charge >= 0.3 is 0 Å². The number of fused-ring (bicyclic) bond motifs is 3. The average molecular weight is 292 g/mol. The second kappa shape index (κ2) is 4.78. The molecule has 0 unspecified atom stereocenters. The van der Waals surface area contributed by atoms with Crippen LogP contribution in [0.4, 0.5) is 5.69 Å². The topological polar surface area (TPSA) is 49.4 Å². The molecule has 1 N–H and O–H groups in total. The third-order valence-corrected chi connectivity index (χ3v) is 4.49. The van der Waals surface area contributed by atoms with Crippen LogP contribution in [0.15, 0.2) is 36.4 Å². The number of ketones is 1. The lowest BCUT2D eigenvalue weighted by molar-refractivity contribution is -0.112. The molecule has 2 aliphatic heterocycles. The van der Waals surface area contributed by atoms with E-state index in [0.29, 0.717) is 5.56 Å². The normalized spacial score (nSPS) is 17.1. The summed E-state index contributed by atoms with van der Waals surface area (Å²) in [5.74, 6) is -0.946. The van der Waals surface area contributed by atoms with Crippen molar-refractivity contribution in [2.75, 3.05) is 18.9 Å². The predicted molar refractivity (Wildman–Crippen MR) is 84.9 cm³/mol. The Morgan fingerprint density at radius 1 is 1.05 bits per heavy atom. The second-order valence-corrected chi connectivity index (χ2v) is 5.94. The number of anilines is 1. The van der Waals surface area contributed by atoms with E-state index in [2.05, 4.69) is 29.4 Å². The molecule has 2 heterocycles. The summed E-state index contributed by atoms with van der Waals surface area (Å²) >= 11 is 0. The quantitative estimate of drug-likeness (QED) is 0.822. The Morgan fingerprint density at radius 2 is 1.82 bits per heavy atom. The van der Waals surface area contributed by atoms with Gasteiger partial charge < -0.3 is 10.2 Å². The Bertz CT molecular complexity index is 796. The molecule has 4 nitrogen and oxygen atoms in total. The lowest BCUT2D eigenvalue weighted by atomic mass is 9.87. The minimum Gasteiger partial charge on any atom is -0.318 e. The molecule has 110 valence electrons. The molecule has 0 fully saturated rings. The zero-order valence-electron chi connectivity index (χ0n) is 12.3. The molecule has 4 rings (SSSR count). The molecule has 4 heteroatoms. The van der Waals surface area contributed by atoms with Crippen LogP contribution in [-0.2, 0) is 17.8 Å². The standard InChI is InChI=1S/C18H16N2O2/c1-20-8-7-12-13(11-5-3-2-4-6-11)9-14-16(15(12)10-20)19-18(22)17(14)21/h2-6,9H,7-8,10H2,1H3,(H,19,21,22). The molecule has 0 bridgehead atoms. The number of nitrogens with one attached hydrogen (secondary N) is 1. The summed E-state index contributed by atoms with van der Waals surface area (Å²) < 4.78 is 0. The van der Waals surface area contributed by atoms with Crippen molar-refractivity contribution in [3.8, 4) is 11.1 Å². The Balaban J connectivity index is 1.99. The van der Waals surface area contributed by atoms with Crippen LogP contribution in [-0.4, -0.2) is 30.2 Å². The molecule has 0 radical (unpaired) electrons. The van der Waals surface area contributed by atoms with Crippen LogP contribution in [0.2, 0.25) is 0 Å². The van der Waals surface area contributed by atoms with Gasteiger partial charge in [-0.05, 0) is 41.8 Å². The van der Waals surface area contributed by atoms with Crippen molar-refractivity contribution < 1.29 is 9.59 Å². The minimum absolute atomic E-state index is 0.428. The number of nitrogens with zero attached hydrogens (tertiary/aromatic N) is 1. The maximum absolute atomic E-state index is 12.1. The predicted octanol–water partition coefficient (Wildman–Crippen LogP) is 2.48. The number of carbonyl (C=O) groups is 2. The van der Waals surface area contributed by atoms with E-state index in [9.17, 15) is 9.59 Å². The highest BCUT2D eigenvalue weighted by molar-refractivity contribution is 6.52. The first-order valence-corrected chi connectivity index (χ1v) is 7.43. The summed E-state index contributed by atoms with van der Waals surface area (Å²) in [4.78, 5) is 26.1. The first kappa shape index (κ1) is 13.2. The Labute approximate surface area is 128 Å². The van der Waals surface area contributed by atoms with Crippen LogP contribution < -0.4 is 5.32 Å². The van der Waals surface area contributed by atoms with Gasteiger partial charge in [0.05, 0.1) is 11.3 Å². The first-order valence-electron chi connectivity index (χ1n) is 7.43. The highest BCUT2D eigenvalue weighted by Gasteiger charge is 2.34. The van der Waals surface area contributed by atoms with E-state index in [1.807, 2.05) is 24.3 Å². The van der Waals surface area contributed by atoms with Crippen molar-refractivity contribution in [3.05, 3.63) is 53.1 Å². The van der Waals surface area contributed by atoms with Crippen LogP contribution in [0.1, 0.15) is 21.5 Å². The number of likely N-dealkylation sites (N-methyl/N-ethyl adjacent to an activating group) is 1.